The molecule has 0 aromatic carbocycles. The van der Waals surface area contributed by atoms with E-state index in [0.717, 1.165) is 5.69 Å². The number of hydrogen-bond donors (Lipinski definition) is 4. The molecule has 0 bridgehead atoms. The number of rotatable bonds is 9. The number of aromatic amines is 1. The lowest BCUT2D eigenvalue weighted by Gasteiger charge is -2.26. The number of carbonyl (C=O) groups is 2. The van der Waals surface area contributed by atoms with Gasteiger partial charge in [0.15, 0.2) is 6.10 Å². The van der Waals surface area contributed by atoms with E-state index in [4.69, 9.17) is 10.5 Å². The Kier molecular flexibility index (Phi) is 7.87. The summed E-state index contributed by atoms with van der Waals surface area (Å²) < 4.78 is 5.02. The molecule has 1 unspecified atom stereocenters. The van der Waals surface area contributed by atoms with E-state index in [1.165, 1.54) is 6.33 Å². The quantitative estimate of drug-likeness (QED) is 0.472. The fourth-order valence-electron chi connectivity index (χ4n) is 2.26. The topological polar surface area (TPSA) is 130 Å². The van der Waals surface area contributed by atoms with Gasteiger partial charge in [-0.1, -0.05) is 13.8 Å². The van der Waals surface area contributed by atoms with Crippen LogP contribution in [0.2, 0.25) is 0 Å². The average molecular weight is 340 g/mol. The summed E-state index contributed by atoms with van der Waals surface area (Å²) in [4.78, 5) is 30.9. The van der Waals surface area contributed by atoms with Gasteiger partial charge in [0.2, 0.25) is 5.91 Å². The molecule has 0 saturated heterocycles. The third kappa shape index (κ3) is 6.67. The molecule has 8 nitrogen and oxygen atoms in total. The molecule has 0 aliphatic heterocycles. The number of amides is 1. The predicted molar refractivity (Wildman–Crippen MR) is 88.9 cm³/mol. The van der Waals surface area contributed by atoms with Gasteiger partial charge in [0.05, 0.1) is 24.5 Å². The summed E-state index contributed by atoms with van der Waals surface area (Å²) in [5.41, 5.74) is 6.62. The van der Waals surface area contributed by atoms with Crippen LogP contribution in [0.15, 0.2) is 12.5 Å². The molecule has 0 saturated carbocycles. The van der Waals surface area contributed by atoms with Gasteiger partial charge in [-0.15, -0.1) is 0 Å². The summed E-state index contributed by atoms with van der Waals surface area (Å²) >= 11 is 0. The largest absolute Gasteiger partial charge is 0.461 e. The average Bonchev–Trinajstić information content (AvgIpc) is 2.97. The number of nitrogens with two attached hydrogens (primary N) is 1. The molecule has 0 aliphatic carbocycles. The molecular weight excluding hydrogens is 312 g/mol. The van der Waals surface area contributed by atoms with Crippen molar-refractivity contribution in [2.24, 2.45) is 11.7 Å². The zero-order valence-electron chi connectivity index (χ0n) is 14.7. The second-order valence-corrected chi connectivity index (χ2v) is 6.56. The van der Waals surface area contributed by atoms with E-state index < -0.39 is 30.1 Å². The third-order valence-electron chi connectivity index (χ3n) is 3.36. The predicted octanol–water partition coefficient (Wildman–Crippen LogP) is 0.123. The minimum absolute atomic E-state index is 0.167. The third-order valence-corrected chi connectivity index (χ3v) is 3.36. The van der Waals surface area contributed by atoms with E-state index in [1.807, 2.05) is 13.8 Å². The molecule has 0 spiro atoms. The molecule has 0 fully saturated rings. The molecule has 24 heavy (non-hydrogen) atoms. The number of aliphatic hydroxyl groups excluding tert-OH is 1. The number of aliphatic hydroxyl groups is 1. The highest BCUT2D eigenvalue weighted by molar-refractivity contribution is 5.83. The Balaban J connectivity index is 2.69. The van der Waals surface area contributed by atoms with E-state index in [1.54, 1.807) is 20.0 Å². The maximum atomic E-state index is 12.3. The Morgan fingerprint density at radius 1 is 1.38 bits per heavy atom. The lowest BCUT2D eigenvalue weighted by Crippen LogP contribution is -2.53. The molecule has 1 rings (SSSR count). The molecule has 0 aliphatic rings. The van der Waals surface area contributed by atoms with Crippen LogP contribution >= 0.6 is 0 Å². The summed E-state index contributed by atoms with van der Waals surface area (Å²) in [7, 11) is 0. The minimum Gasteiger partial charge on any atom is -0.461 e. The van der Waals surface area contributed by atoms with E-state index in [2.05, 4.69) is 15.3 Å². The van der Waals surface area contributed by atoms with Crippen LogP contribution in [-0.2, 0) is 20.7 Å². The summed E-state index contributed by atoms with van der Waals surface area (Å²) in [5, 5.41) is 12.9. The highest BCUT2D eigenvalue weighted by Crippen LogP contribution is 2.11. The molecule has 136 valence electrons. The molecule has 1 aromatic rings. The fourth-order valence-corrected chi connectivity index (χ4v) is 2.26. The van der Waals surface area contributed by atoms with Gasteiger partial charge < -0.3 is 25.9 Å². The monoisotopic (exact) mass is 340 g/mol. The maximum absolute atomic E-state index is 12.3. The standard InChI is InChI=1S/C16H28N4O4/c1-9(2)5-13(14(21)16(23)24-10(3)4)20-15(22)12(17)6-11-7-18-8-19-11/h7-10,12-14,21H,5-6,17H2,1-4H3,(H,18,19)(H,20,22)/t12-,13-,14?/m0/s1. The van der Waals surface area contributed by atoms with Gasteiger partial charge in [0, 0.05) is 18.3 Å². The molecule has 5 N–H and O–H groups in total. The van der Waals surface area contributed by atoms with E-state index in [9.17, 15) is 14.7 Å². The number of aromatic nitrogens is 2. The number of esters is 1. The van der Waals surface area contributed by atoms with Crippen LogP contribution in [0, 0.1) is 5.92 Å². The number of hydrogen-bond acceptors (Lipinski definition) is 6. The molecule has 0 radical (unpaired) electrons. The molecule has 3 atom stereocenters. The highest BCUT2D eigenvalue weighted by Gasteiger charge is 2.31. The first-order valence-electron chi connectivity index (χ1n) is 8.12. The van der Waals surface area contributed by atoms with E-state index in [0.29, 0.717) is 6.42 Å². The van der Waals surface area contributed by atoms with Crippen molar-refractivity contribution in [3.8, 4) is 0 Å². The molecule has 8 heteroatoms. The Morgan fingerprint density at radius 2 is 2.04 bits per heavy atom. The van der Waals surface area contributed by atoms with Crippen molar-refractivity contribution < 1.29 is 19.4 Å². The van der Waals surface area contributed by atoms with Crippen molar-refractivity contribution in [3.05, 3.63) is 18.2 Å². The lowest BCUT2D eigenvalue weighted by molar-refractivity contribution is -0.159. The normalized spacial score (nSPS) is 15.2. The first kappa shape index (κ1) is 20.1. The molecular formula is C16H28N4O4. The number of nitrogens with one attached hydrogen (secondary N) is 2. The fraction of sp³-hybridized carbons (Fsp3) is 0.688. The van der Waals surface area contributed by atoms with Gasteiger partial charge in [-0.2, -0.15) is 0 Å². The molecule has 1 amide bonds. The number of imidazole rings is 1. The van der Waals surface area contributed by atoms with Crippen molar-refractivity contribution in [2.75, 3.05) is 0 Å². The van der Waals surface area contributed by atoms with Crippen LogP contribution in [-0.4, -0.2) is 51.2 Å². The zero-order valence-corrected chi connectivity index (χ0v) is 14.7. The van der Waals surface area contributed by atoms with Crippen molar-refractivity contribution in [1.82, 2.24) is 15.3 Å². The summed E-state index contributed by atoms with van der Waals surface area (Å²) in [6.07, 6.45) is 2.04. The molecule has 1 aromatic heterocycles. The van der Waals surface area contributed by atoms with Crippen LogP contribution in [0.4, 0.5) is 0 Å². The summed E-state index contributed by atoms with van der Waals surface area (Å²) in [5.74, 6) is -1.02. The SMILES string of the molecule is CC(C)C[C@H](NC(=O)[C@@H](N)Cc1cnc[nH]1)C(O)C(=O)OC(C)C. The lowest BCUT2D eigenvalue weighted by atomic mass is 9.98. The Hall–Kier alpha value is -1.93. The van der Waals surface area contributed by atoms with Crippen molar-refractivity contribution in [3.63, 3.8) is 0 Å². The minimum atomic E-state index is -1.43. The highest BCUT2D eigenvalue weighted by atomic mass is 16.6. The number of H-pyrrole nitrogens is 1. The smallest absolute Gasteiger partial charge is 0.337 e. The Bertz CT molecular complexity index is 516. The Morgan fingerprint density at radius 3 is 2.54 bits per heavy atom. The first-order chi connectivity index (χ1) is 11.2. The number of nitrogens with zero attached hydrogens (tertiary/aromatic N) is 1. The van der Waals surface area contributed by atoms with Gasteiger partial charge in [0.1, 0.15) is 0 Å². The second-order valence-electron chi connectivity index (χ2n) is 6.56. The maximum Gasteiger partial charge on any atom is 0.337 e. The molecule has 1 heterocycles. The van der Waals surface area contributed by atoms with E-state index in [-0.39, 0.29) is 18.4 Å². The van der Waals surface area contributed by atoms with Gasteiger partial charge >= 0.3 is 5.97 Å². The van der Waals surface area contributed by atoms with Gasteiger partial charge in [-0.25, -0.2) is 9.78 Å². The number of carbonyl (C=O) groups excluding carboxylic acids is 2. The van der Waals surface area contributed by atoms with Crippen LogP contribution < -0.4 is 11.1 Å². The van der Waals surface area contributed by atoms with Gasteiger partial charge in [-0.3, -0.25) is 4.79 Å². The summed E-state index contributed by atoms with van der Waals surface area (Å²) in [6, 6.07) is -1.56. The number of ether oxygens (including phenoxy) is 1. The summed E-state index contributed by atoms with van der Waals surface area (Å²) in [6.45, 7) is 7.26. The van der Waals surface area contributed by atoms with Crippen molar-refractivity contribution >= 4 is 11.9 Å². The second kappa shape index (κ2) is 9.39. The van der Waals surface area contributed by atoms with Crippen molar-refractivity contribution in [1.29, 1.82) is 0 Å². The first-order valence-corrected chi connectivity index (χ1v) is 8.12. The van der Waals surface area contributed by atoms with Crippen LogP contribution in [0.5, 0.6) is 0 Å². The van der Waals surface area contributed by atoms with Crippen LogP contribution in [0.1, 0.15) is 39.8 Å². The van der Waals surface area contributed by atoms with E-state index >= 15 is 0 Å². The van der Waals surface area contributed by atoms with Crippen molar-refractivity contribution in [2.45, 2.75) is 64.8 Å². The van der Waals surface area contributed by atoms with Crippen LogP contribution in [0.25, 0.3) is 0 Å². The Labute approximate surface area is 142 Å². The van der Waals surface area contributed by atoms with Gasteiger partial charge in [0.25, 0.3) is 0 Å². The zero-order chi connectivity index (χ0) is 18.3. The van der Waals surface area contributed by atoms with Crippen LogP contribution in [0.3, 0.4) is 0 Å². The van der Waals surface area contributed by atoms with Gasteiger partial charge in [-0.05, 0) is 26.2 Å².